The molecule has 2 aromatic rings. The lowest BCUT2D eigenvalue weighted by atomic mass is 9.96. The Labute approximate surface area is 133 Å². The van der Waals surface area contributed by atoms with Gasteiger partial charge in [-0.2, -0.15) is 0 Å². The molecule has 21 heavy (non-hydrogen) atoms. The van der Waals surface area contributed by atoms with Gasteiger partial charge in [0, 0.05) is 22.9 Å². The summed E-state index contributed by atoms with van der Waals surface area (Å²) in [5, 5.41) is 3.50. The number of rotatable bonds is 2. The number of nitrogens with zero attached hydrogens (tertiary/aromatic N) is 1. The summed E-state index contributed by atoms with van der Waals surface area (Å²) < 4.78 is 1.01. The van der Waals surface area contributed by atoms with Crippen molar-refractivity contribution in [3.05, 3.63) is 58.1 Å². The summed E-state index contributed by atoms with van der Waals surface area (Å²) in [6, 6.07) is 14.2. The Balaban J connectivity index is 1.98. The summed E-state index contributed by atoms with van der Waals surface area (Å²) in [4.78, 5) is 13.9. The minimum Gasteiger partial charge on any atom is -0.377 e. The highest BCUT2D eigenvalue weighted by Gasteiger charge is 2.28. The highest BCUT2D eigenvalue weighted by molar-refractivity contribution is 9.10. The number of anilines is 2. The number of fused-ring (bicyclic) bond motifs is 1. The standard InChI is InChI=1S/C17H17BrN2O/c1-11-7-8-13(18)15(9-11)19-14-10-17(21)20(2)16-6-4-3-5-12(14)16/h3-9,14,19H,10H2,1-2H3. The molecular weight excluding hydrogens is 328 g/mol. The molecule has 0 radical (unpaired) electrons. The van der Waals surface area contributed by atoms with Gasteiger partial charge in [0.25, 0.3) is 0 Å². The maximum absolute atomic E-state index is 12.2. The third kappa shape index (κ3) is 2.68. The fourth-order valence-electron chi connectivity index (χ4n) is 2.71. The summed E-state index contributed by atoms with van der Waals surface area (Å²) in [6.07, 6.45) is 0.466. The normalized spacial score (nSPS) is 17.6. The van der Waals surface area contributed by atoms with E-state index in [-0.39, 0.29) is 11.9 Å². The number of halogens is 1. The minimum atomic E-state index is 0.00278. The number of para-hydroxylation sites is 1. The molecule has 1 aliphatic heterocycles. The van der Waals surface area contributed by atoms with Gasteiger partial charge in [-0.05, 0) is 52.2 Å². The lowest BCUT2D eigenvalue weighted by Crippen LogP contribution is -2.35. The van der Waals surface area contributed by atoms with E-state index in [2.05, 4.69) is 46.4 Å². The van der Waals surface area contributed by atoms with Crippen molar-refractivity contribution >= 4 is 33.2 Å². The molecule has 0 aliphatic carbocycles. The Morgan fingerprint density at radius 2 is 2.00 bits per heavy atom. The average molecular weight is 345 g/mol. The van der Waals surface area contributed by atoms with Crippen molar-refractivity contribution in [3.8, 4) is 0 Å². The quantitative estimate of drug-likeness (QED) is 0.881. The Kier molecular flexibility index (Phi) is 3.72. The molecule has 2 aromatic carbocycles. The van der Waals surface area contributed by atoms with E-state index in [0.717, 1.165) is 21.4 Å². The molecule has 0 bridgehead atoms. The highest BCUT2D eigenvalue weighted by atomic mass is 79.9. The van der Waals surface area contributed by atoms with Crippen LogP contribution in [0.3, 0.4) is 0 Å². The molecule has 0 saturated carbocycles. The van der Waals surface area contributed by atoms with E-state index in [4.69, 9.17) is 0 Å². The zero-order chi connectivity index (χ0) is 15.0. The molecule has 3 nitrogen and oxygen atoms in total. The van der Waals surface area contributed by atoms with Gasteiger partial charge >= 0.3 is 0 Å². The van der Waals surface area contributed by atoms with Gasteiger partial charge in [-0.15, -0.1) is 0 Å². The molecule has 1 amide bonds. The van der Waals surface area contributed by atoms with Crippen molar-refractivity contribution in [2.45, 2.75) is 19.4 Å². The third-order valence-corrected chi connectivity index (χ3v) is 4.57. The van der Waals surface area contributed by atoms with Crippen LogP contribution in [0.15, 0.2) is 46.9 Å². The van der Waals surface area contributed by atoms with Gasteiger partial charge < -0.3 is 10.2 Å². The lowest BCUT2D eigenvalue weighted by molar-refractivity contribution is -0.118. The molecular formula is C17H17BrN2O. The average Bonchev–Trinajstić information content (AvgIpc) is 2.48. The first-order valence-corrected chi connectivity index (χ1v) is 7.74. The summed E-state index contributed by atoms with van der Waals surface area (Å²) in [5.74, 6) is 0.134. The van der Waals surface area contributed by atoms with Crippen molar-refractivity contribution in [2.24, 2.45) is 0 Å². The van der Waals surface area contributed by atoms with Crippen LogP contribution < -0.4 is 10.2 Å². The van der Waals surface area contributed by atoms with Crippen molar-refractivity contribution in [3.63, 3.8) is 0 Å². The molecule has 1 aliphatic rings. The molecule has 1 N–H and O–H groups in total. The van der Waals surface area contributed by atoms with Gasteiger partial charge in [0.1, 0.15) is 0 Å². The largest absolute Gasteiger partial charge is 0.377 e. The number of carbonyl (C=O) groups excluding carboxylic acids is 1. The van der Waals surface area contributed by atoms with Gasteiger partial charge in [0.15, 0.2) is 0 Å². The molecule has 0 saturated heterocycles. The molecule has 1 unspecified atom stereocenters. The highest BCUT2D eigenvalue weighted by Crippen LogP contribution is 2.37. The molecule has 0 spiro atoms. The van der Waals surface area contributed by atoms with E-state index in [9.17, 15) is 4.79 Å². The summed E-state index contributed by atoms with van der Waals surface area (Å²) in [7, 11) is 1.83. The maximum Gasteiger partial charge on any atom is 0.229 e. The number of benzene rings is 2. The van der Waals surface area contributed by atoms with E-state index >= 15 is 0 Å². The SMILES string of the molecule is Cc1ccc(Br)c(NC2CC(=O)N(C)c3ccccc32)c1. The van der Waals surface area contributed by atoms with Crippen LogP contribution in [0.1, 0.15) is 23.6 Å². The van der Waals surface area contributed by atoms with Crippen LogP contribution >= 0.6 is 15.9 Å². The molecule has 108 valence electrons. The lowest BCUT2D eigenvalue weighted by Gasteiger charge is -2.32. The van der Waals surface area contributed by atoms with E-state index in [0.29, 0.717) is 6.42 Å². The first kappa shape index (κ1) is 14.1. The zero-order valence-electron chi connectivity index (χ0n) is 12.1. The van der Waals surface area contributed by atoms with Crippen molar-refractivity contribution < 1.29 is 4.79 Å². The van der Waals surface area contributed by atoms with Crippen LogP contribution in [0.5, 0.6) is 0 Å². The van der Waals surface area contributed by atoms with Crippen molar-refractivity contribution in [1.29, 1.82) is 0 Å². The first-order chi connectivity index (χ1) is 10.1. The Bertz CT molecular complexity index is 699. The molecule has 0 aromatic heterocycles. The van der Waals surface area contributed by atoms with Crippen LogP contribution in [-0.4, -0.2) is 13.0 Å². The van der Waals surface area contributed by atoms with Crippen molar-refractivity contribution in [1.82, 2.24) is 0 Å². The van der Waals surface area contributed by atoms with Gasteiger partial charge in [0.2, 0.25) is 5.91 Å². The second-order valence-electron chi connectivity index (χ2n) is 5.40. The zero-order valence-corrected chi connectivity index (χ0v) is 13.6. The molecule has 0 fully saturated rings. The summed E-state index contributed by atoms with van der Waals surface area (Å²) >= 11 is 3.57. The van der Waals surface area contributed by atoms with E-state index < -0.39 is 0 Å². The van der Waals surface area contributed by atoms with E-state index in [1.165, 1.54) is 5.56 Å². The number of hydrogen-bond donors (Lipinski definition) is 1. The molecule has 1 atom stereocenters. The predicted octanol–water partition coefficient (Wildman–Crippen LogP) is 4.28. The number of amides is 1. The van der Waals surface area contributed by atoms with Gasteiger partial charge in [-0.3, -0.25) is 4.79 Å². The fourth-order valence-corrected chi connectivity index (χ4v) is 3.07. The predicted molar refractivity (Wildman–Crippen MR) is 89.7 cm³/mol. The monoisotopic (exact) mass is 344 g/mol. The maximum atomic E-state index is 12.2. The summed E-state index contributed by atoms with van der Waals surface area (Å²) in [5.41, 5.74) is 4.35. The molecule has 3 rings (SSSR count). The van der Waals surface area contributed by atoms with Crippen LogP contribution in [-0.2, 0) is 4.79 Å². The number of carbonyl (C=O) groups is 1. The van der Waals surface area contributed by atoms with Crippen LogP contribution in [0.4, 0.5) is 11.4 Å². The number of aryl methyl sites for hydroxylation is 1. The van der Waals surface area contributed by atoms with Crippen molar-refractivity contribution in [2.75, 3.05) is 17.3 Å². The third-order valence-electron chi connectivity index (χ3n) is 3.88. The van der Waals surface area contributed by atoms with Gasteiger partial charge in [0.05, 0.1) is 12.5 Å². The fraction of sp³-hybridized carbons (Fsp3) is 0.235. The van der Waals surface area contributed by atoms with Crippen LogP contribution in [0.2, 0.25) is 0 Å². The molecule has 4 heteroatoms. The molecule has 1 heterocycles. The van der Waals surface area contributed by atoms with E-state index in [1.807, 2.05) is 31.3 Å². The first-order valence-electron chi connectivity index (χ1n) is 6.94. The summed E-state index contributed by atoms with van der Waals surface area (Å²) in [6.45, 7) is 2.06. The number of hydrogen-bond acceptors (Lipinski definition) is 2. The number of nitrogens with one attached hydrogen (secondary N) is 1. The second kappa shape index (κ2) is 5.53. The Hall–Kier alpha value is -1.81. The topological polar surface area (TPSA) is 32.3 Å². The van der Waals surface area contributed by atoms with Crippen LogP contribution in [0, 0.1) is 6.92 Å². The van der Waals surface area contributed by atoms with Crippen LogP contribution in [0.25, 0.3) is 0 Å². The second-order valence-corrected chi connectivity index (χ2v) is 6.25. The smallest absolute Gasteiger partial charge is 0.229 e. The Morgan fingerprint density at radius 1 is 1.24 bits per heavy atom. The van der Waals surface area contributed by atoms with Gasteiger partial charge in [-0.1, -0.05) is 24.3 Å². The van der Waals surface area contributed by atoms with E-state index in [1.54, 1.807) is 4.90 Å². The minimum absolute atomic E-state index is 0.00278. The Morgan fingerprint density at radius 3 is 2.81 bits per heavy atom. The van der Waals surface area contributed by atoms with Gasteiger partial charge in [-0.25, -0.2) is 0 Å².